The number of halogens is 2. The van der Waals surface area contributed by atoms with Crippen molar-refractivity contribution < 1.29 is 9.13 Å². The zero-order chi connectivity index (χ0) is 12.8. The first-order valence-corrected chi connectivity index (χ1v) is 5.88. The third kappa shape index (κ3) is 3.34. The highest BCUT2D eigenvalue weighted by atomic mass is 35.5. The van der Waals surface area contributed by atoms with E-state index >= 15 is 0 Å². The molecule has 0 aliphatic rings. The van der Waals surface area contributed by atoms with Gasteiger partial charge < -0.3 is 4.74 Å². The SMILES string of the molecule is C=CCOc1cc(C)c(/C=C/CC)c(Cl)c1F. The second-order valence-electron chi connectivity index (χ2n) is 3.64. The van der Waals surface area contributed by atoms with Gasteiger partial charge in [0.25, 0.3) is 0 Å². The summed E-state index contributed by atoms with van der Waals surface area (Å²) in [5, 5.41) is 0.105. The maximum Gasteiger partial charge on any atom is 0.184 e. The van der Waals surface area contributed by atoms with Crippen molar-refractivity contribution in [2.75, 3.05) is 6.61 Å². The van der Waals surface area contributed by atoms with Gasteiger partial charge in [0.2, 0.25) is 0 Å². The molecule has 17 heavy (non-hydrogen) atoms. The first-order chi connectivity index (χ1) is 8.11. The number of hydrogen-bond donors (Lipinski definition) is 0. The number of ether oxygens (including phenoxy) is 1. The summed E-state index contributed by atoms with van der Waals surface area (Å²) in [6.45, 7) is 7.67. The molecule has 1 aromatic carbocycles. The van der Waals surface area contributed by atoms with Gasteiger partial charge in [-0.15, -0.1) is 0 Å². The van der Waals surface area contributed by atoms with E-state index in [1.807, 2.05) is 26.0 Å². The quantitative estimate of drug-likeness (QED) is 0.688. The van der Waals surface area contributed by atoms with Gasteiger partial charge >= 0.3 is 0 Å². The van der Waals surface area contributed by atoms with E-state index in [1.165, 1.54) is 0 Å². The molecule has 1 rings (SSSR count). The molecule has 0 spiro atoms. The van der Waals surface area contributed by atoms with Gasteiger partial charge in [-0.3, -0.25) is 0 Å². The molecule has 0 saturated carbocycles. The van der Waals surface area contributed by atoms with E-state index in [1.54, 1.807) is 12.1 Å². The highest BCUT2D eigenvalue weighted by molar-refractivity contribution is 6.32. The van der Waals surface area contributed by atoms with Gasteiger partial charge in [0.05, 0.1) is 5.02 Å². The molecule has 1 nitrogen and oxygen atoms in total. The van der Waals surface area contributed by atoms with Crippen LogP contribution in [-0.2, 0) is 0 Å². The molecule has 0 aliphatic heterocycles. The standard InChI is InChI=1S/C14H16ClFO/c1-4-6-7-11-10(3)9-12(17-8-5-2)14(16)13(11)15/h5-7,9H,2,4,8H2,1,3H3/b7-6+. The van der Waals surface area contributed by atoms with Crippen molar-refractivity contribution in [1.82, 2.24) is 0 Å². The third-order valence-electron chi connectivity index (χ3n) is 2.29. The molecule has 92 valence electrons. The van der Waals surface area contributed by atoms with Gasteiger partial charge in [-0.25, -0.2) is 4.39 Å². The fourth-order valence-corrected chi connectivity index (χ4v) is 1.74. The lowest BCUT2D eigenvalue weighted by molar-refractivity contribution is 0.341. The molecule has 0 atom stereocenters. The molecule has 0 aliphatic carbocycles. The molecule has 0 fully saturated rings. The maximum atomic E-state index is 13.9. The average molecular weight is 255 g/mol. The van der Waals surface area contributed by atoms with E-state index in [4.69, 9.17) is 16.3 Å². The van der Waals surface area contributed by atoms with Crippen molar-refractivity contribution in [3.8, 4) is 5.75 Å². The van der Waals surface area contributed by atoms with E-state index in [2.05, 4.69) is 6.58 Å². The Bertz CT molecular complexity index is 438. The first kappa shape index (κ1) is 13.8. The second-order valence-corrected chi connectivity index (χ2v) is 4.02. The summed E-state index contributed by atoms with van der Waals surface area (Å²) in [5.74, 6) is -0.351. The molecule has 0 heterocycles. The first-order valence-electron chi connectivity index (χ1n) is 5.50. The van der Waals surface area contributed by atoms with Crippen molar-refractivity contribution in [2.24, 2.45) is 0 Å². The van der Waals surface area contributed by atoms with E-state index in [-0.39, 0.29) is 17.4 Å². The van der Waals surface area contributed by atoms with Crippen molar-refractivity contribution in [1.29, 1.82) is 0 Å². The number of benzene rings is 1. The van der Waals surface area contributed by atoms with Crippen LogP contribution in [0.1, 0.15) is 24.5 Å². The minimum atomic E-state index is -0.519. The highest BCUT2D eigenvalue weighted by Gasteiger charge is 2.13. The fourth-order valence-electron chi connectivity index (χ4n) is 1.43. The van der Waals surface area contributed by atoms with Crippen LogP contribution in [0.2, 0.25) is 5.02 Å². The lowest BCUT2D eigenvalue weighted by Crippen LogP contribution is -1.98. The molecule has 3 heteroatoms. The van der Waals surface area contributed by atoms with E-state index in [9.17, 15) is 4.39 Å². The summed E-state index contributed by atoms with van der Waals surface area (Å²) in [6, 6.07) is 1.65. The molecule has 0 unspecified atom stereocenters. The summed E-state index contributed by atoms with van der Waals surface area (Å²) < 4.78 is 19.1. The molecule has 1 aromatic rings. The van der Waals surface area contributed by atoms with Gasteiger partial charge in [0.15, 0.2) is 11.6 Å². The van der Waals surface area contributed by atoms with Crippen LogP contribution in [0, 0.1) is 12.7 Å². The third-order valence-corrected chi connectivity index (χ3v) is 2.66. The largest absolute Gasteiger partial charge is 0.486 e. The van der Waals surface area contributed by atoms with Crippen LogP contribution < -0.4 is 4.74 Å². The normalized spacial score (nSPS) is 10.8. The molecule has 0 saturated heterocycles. The van der Waals surface area contributed by atoms with Crippen molar-refractivity contribution >= 4 is 17.7 Å². The van der Waals surface area contributed by atoms with Crippen LogP contribution in [0.15, 0.2) is 24.8 Å². The van der Waals surface area contributed by atoms with Crippen molar-refractivity contribution in [3.63, 3.8) is 0 Å². The Morgan fingerprint density at radius 1 is 1.53 bits per heavy atom. The van der Waals surface area contributed by atoms with Crippen LogP contribution in [0.25, 0.3) is 6.08 Å². The summed E-state index contributed by atoms with van der Waals surface area (Å²) in [5.41, 5.74) is 1.59. The molecule has 0 bridgehead atoms. The summed E-state index contributed by atoms with van der Waals surface area (Å²) in [7, 11) is 0. The van der Waals surface area contributed by atoms with E-state index in [0.29, 0.717) is 5.56 Å². The predicted octanol–water partition coefficient (Wildman–Crippen LogP) is 4.78. The zero-order valence-electron chi connectivity index (χ0n) is 10.1. The van der Waals surface area contributed by atoms with Crippen LogP contribution in [-0.4, -0.2) is 6.61 Å². The number of aryl methyl sites for hydroxylation is 1. The van der Waals surface area contributed by atoms with Gasteiger partial charge in [0, 0.05) is 0 Å². The van der Waals surface area contributed by atoms with Crippen LogP contribution in [0.4, 0.5) is 4.39 Å². The minimum absolute atomic E-state index is 0.105. The average Bonchev–Trinajstić information content (AvgIpc) is 2.32. The fraction of sp³-hybridized carbons (Fsp3) is 0.286. The lowest BCUT2D eigenvalue weighted by Gasteiger charge is -2.11. The Labute approximate surface area is 107 Å². The Morgan fingerprint density at radius 3 is 2.82 bits per heavy atom. The smallest absolute Gasteiger partial charge is 0.184 e. The molecule has 0 aromatic heterocycles. The molecular weight excluding hydrogens is 239 g/mol. The monoisotopic (exact) mass is 254 g/mol. The molecule has 0 amide bonds. The van der Waals surface area contributed by atoms with Crippen LogP contribution >= 0.6 is 11.6 Å². The van der Waals surface area contributed by atoms with Gasteiger partial charge in [-0.05, 0) is 30.5 Å². The summed E-state index contributed by atoms with van der Waals surface area (Å²) in [4.78, 5) is 0. The second kappa shape index (κ2) is 6.45. The molecular formula is C14H16ClFO. The van der Waals surface area contributed by atoms with Crippen LogP contribution in [0.5, 0.6) is 5.75 Å². The lowest BCUT2D eigenvalue weighted by atomic mass is 10.1. The van der Waals surface area contributed by atoms with Gasteiger partial charge in [-0.1, -0.05) is 43.3 Å². The summed E-state index contributed by atoms with van der Waals surface area (Å²) in [6.07, 6.45) is 6.22. The Kier molecular flexibility index (Phi) is 5.23. The van der Waals surface area contributed by atoms with Gasteiger partial charge in [-0.2, -0.15) is 0 Å². The number of allylic oxidation sites excluding steroid dienone is 1. The highest BCUT2D eigenvalue weighted by Crippen LogP contribution is 2.32. The predicted molar refractivity (Wildman–Crippen MR) is 71.2 cm³/mol. The Morgan fingerprint density at radius 2 is 2.24 bits per heavy atom. The molecule has 0 radical (unpaired) electrons. The number of hydrogen-bond acceptors (Lipinski definition) is 1. The zero-order valence-corrected chi connectivity index (χ0v) is 10.9. The van der Waals surface area contributed by atoms with Crippen molar-refractivity contribution in [3.05, 3.63) is 46.8 Å². The van der Waals surface area contributed by atoms with Crippen LogP contribution in [0.3, 0.4) is 0 Å². The van der Waals surface area contributed by atoms with Gasteiger partial charge in [0.1, 0.15) is 6.61 Å². The summed E-state index contributed by atoms with van der Waals surface area (Å²) >= 11 is 5.99. The van der Waals surface area contributed by atoms with Crippen molar-refractivity contribution in [2.45, 2.75) is 20.3 Å². The Hall–Kier alpha value is -1.28. The van der Waals surface area contributed by atoms with E-state index < -0.39 is 5.82 Å². The minimum Gasteiger partial charge on any atom is -0.486 e. The van der Waals surface area contributed by atoms with E-state index in [0.717, 1.165) is 12.0 Å². The maximum absolute atomic E-state index is 13.9. The number of rotatable bonds is 5. The molecule has 0 N–H and O–H groups in total. The topological polar surface area (TPSA) is 9.23 Å². The Balaban J connectivity index is 3.16.